The van der Waals surface area contributed by atoms with Crippen LogP contribution in [-0.2, 0) is 25.6 Å². The Morgan fingerprint density at radius 1 is 1.19 bits per heavy atom. The highest BCUT2D eigenvalue weighted by Gasteiger charge is 2.64. The maximum absolute atomic E-state index is 13.6. The van der Waals surface area contributed by atoms with Gasteiger partial charge in [0.15, 0.2) is 0 Å². The van der Waals surface area contributed by atoms with Crippen LogP contribution in [0.3, 0.4) is 0 Å². The van der Waals surface area contributed by atoms with Crippen LogP contribution in [0.4, 0.5) is 0 Å². The maximum Gasteiger partial charge on any atom is 0.248 e. The van der Waals surface area contributed by atoms with Crippen LogP contribution in [0.25, 0.3) is 6.08 Å². The lowest BCUT2D eigenvalue weighted by molar-refractivity contribution is -0.138. The largest absolute Gasteiger partial charge is 0.496 e. The lowest BCUT2D eigenvalue weighted by Gasteiger charge is -2.52. The van der Waals surface area contributed by atoms with E-state index in [0.29, 0.717) is 42.9 Å². The van der Waals surface area contributed by atoms with E-state index in [1.54, 1.807) is 7.11 Å². The minimum atomic E-state index is -1.23. The number of nitriles is 1. The molecule has 4 saturated carbocycles. The first-order valence-electron chi connectivity index (χ1n) is 13.1. The zero-order valence-corrected chi connectivity index (χ0v) is 20.7. The van der Waals surface area contributed by atoms with Gasteiger partial charge in [-0.25, -0.2) is 0 Å². The summed E-state index contributed by atoms with van der Waals surface area (Å²) in [4.78, 5) is 51.9. The van der Waals surface area contributed by atoms with Gasteiger partial charge in [0, 0.05) is 23.5 Å². The normalized spacial score (nSPS) is 31.9. The summed E-state index contributed by atoms with van der Waals surface area (Å²) in [5.41, 5.74) is 1.20. The summed E-state index contributed by atoms with van der Waals surface area (Å²) in [6.45, 7) is 0. The summed E-state index contributed by atoms with van der Waals surface area (Å²) >= 11 is 0. The lowest BCUT2D eigenvalue weighted by atomic mass is 9.52. The Balaban J connectivity index is 1.21. The first-order valence-corrected chi connectivity index (χ1v) is 13.1. The van der Waals surface area contributed by atoms with Gasteiger partial charge < -0.3 is 15.4 Å². The van der Waals surface area contributed by atoms with Crippen molar-refractivity contribution < 1.29 is 23.9 Å². The van der Waals surface area contributed by atoms with Crippen LogP contribution in [0.2, 0.25) is 0 Å². The molecule has 6 atom stereocenters. The van der Waals surface area contributed by atoms with Gasteiger partial charge in [-0.2, -0.15) is 5.26 Å². The van der Waals surface area contributed by atoms with Crippen molar-refractivity contribution in [2.24, 2.45) is 29.6 Å². The second-order valence-corrected chi connectivity index (χ2v) is 11.2. The van der Waals surface area contributed by atoms with Crippen molar-refractivity contribution in [3.63, 3.8) is 0 Å². The van der Waals surface area contributed by atoms with Crippen molar-refractivity contribution in [1.82, 2.24) is 16.0 Å². The first-order chi connectivity index (χ1) is 17.8. The van der Waals surface area contributed by atoms with E-state index in [9.17, 15) is 24.4 Å². The molecule has 0 aromatic heterocycles. The summed E-state index contributed by atoms with van der Waals surface area (Å²) in [6, 6.07) is 7.23. The van der Waals surface area contributed by atoms with E-state index in [1.165, 1.54) is 0 Å². The smallest absolute Gasteiger partial charge is 0.248 e. The molecule has 5 aliphatic carbocycles. The standard InChI is InChI=1S/C28H30N4O5/c1-37-21-4-2-3-15-10-17(11-18(15)21)24(33)30-20(9-14-5-6-14)25(34)32-28(13-29)12-16-7-8-19(28)23-22(16)26(35)31-27(23)36/h2-4,11,14,16,19-20,22-23H,5-10,12H2,1H3,(H,30,33)(H,32,34)(H,31,35,36)/t16?,19?,20?,22-,23+,28?/m0/s1. The Morgan fingerprint density at radius 3 is 2.70 bits per heavy atom. The van der Waals surface area contributed by atoms with Crippen LogP contribution in [0.15, 0.2) is 23.8 Å². The molecule has 4 unspecified atom stereocenters. The van der Waals surface area contributed by atoms with E-state index in [1.807, 2.05) is 24.3 Å². The molecule has 1 aliphatic heterocycles. The molecular formula is C28H30N4O5. The summed E-state index contributed by atoms with van der Waals surface area (Å²) in [5.74, 6) is -1.82. The van der Waals surface area contributed by atoms with Gasteiger partial charge in [-0.1, -0.05) is 25.0 Å². The number of amides is 4. The molecule has 6 aliphatic rings. The van der Waals surface area contributed by atoms with Crippen LogP contribution in [0.1, 0.15) is 49.7 Å². The molecule has 4 amide bonds. The van der Waals surface area contributed by atoms with Gasteiger partial charge in [-0.3, -0.25) is 24.5 Å². The Kier molecular flexibility index (Phi) is 5.59. The van der Waals surface area contributed by atoms with Crippen molar-refractivity contribution in [2.75, 3.05) is 7.11 Å². The number of hydrogen-bond acceptors (Lipinski definition) is 6. The maximum atomic E-state index is 13.6. The third-order valence-corrected chi connectivity index (χ3v) is 9.05. The molecule has 1 saturated heterocycles. The molecular weight excluding hydrogens is 472 g/mol. The van der Waals surface area contributed by atoms with Gasteiger partial charge in [0.05, 0.1) is 25.0 Å². The predicted molar refractivity (Wildman–Crippen MR) is 131 cm³/mol. The van der Waals surface area contributed by atoms with Crippen molar-refractivity contribution in [1.29, 1.82) is 5.26 Å². The minimum absolute atomic E-state index is 0.130. The molecule has 1 aromatic rings. The highest BCUT2D eigenvalue weighted by atomic mass is 16.5. The van der Waals surface area contributed by atoms with Crippen LogP contribution in [0, 0.1) is 40.9 Å². The SMILES string of the molecule is COc1cccc2c1C=C(C(=O)NC(CC1CC1)C(=O)NC1(C#N)CC3CCC1[C@H]1C(=O)NC(=O)[C@@H]31)C2. The van der Waals surface area contributed by atoms with E-state index in [0.717, 1.165) is 30.4 Å². The van der Waals surface area contributed by atoms with Crippen molar-refractivity contribution in [3.05, 3.63) is 34.9 Å². The van der Waals surface area contributed by atoms with Gasteiger partial charge in [-0.15, -0.1) is 0 Å². The molecule has 1 aromatic carbocycles. The Hall–Kier alpha value is -3.67. The Bertz CT molecular complexity index is 1280. The lowest BCUT2D eigenvalue weighted by Crippen LogP contribution is -2.66. The highest BCUT2D eigenvalue weighted by Crippen LogP contribution is 2.55. The van der Waals surface area contributed by atoms with Gasteiger partial charge in [-0.05, 0) is 55.2 Å². The number of ether oxygens (including phenoxy) is 1. The fraction of sp³-hybridized carbons (Fsp3) is 0.536. The molecule has 0 radical (unpaired) electrons. The zero-order valence-electron chi connectivity index (χ0n) is 20.7. The van der Waals surface area contributed by atoms with Gasteiger partial charge in [0.25, 0.3) is 0 Å². The fourth-order valence-corrected chi connectivity index (χ4v) is 7.09. The molecule has 5 fully saturated rings. The quantitative estimate of drug-likeness (QED) is 0.485. The number of rotatable bonds is 7. The van der Waals surface area contributed by atoms with Gasteiger partial charge in [0.2, 0.25) is 23.6 Å². The molecule has 3 N–H and O–H groups in total. The highest BCUT2D eigenvalue weighted by molar-refractivity contribution is 6.06. The summed E-state index contributed by atoms with van der Waals surface area (Å²) in [7, 11) is 1.59. The molecule has 192 valence electrons. The second-order valence-electron chi connectivity index (χ2n) is 11.2. The van der Waals surface area contributed by atoms with Crippen LogP contribution >= 0.6 is 0 Å². The molecule has 9 heteroatoms. The molecule has 37 heavy (non-hydrogen) atoms. The molecule has 2 bridgehead atoms. The number of carbonyl (C=O) groups excluding carboxylic acids is 4. The summed E-state index contributed by atoms with van der Waals surface area (Å²) < 4.78 is 5.42. The van der Waals surface area contributed by atoms with Crippen molar-refractivity contribution >= 4 is 29.7 Å². The molecule has 0 spiro atoms. The fourth-order valence-electron chi connectivity index (χ4n) is 7.09. The van der Waals surface area contributed by atoms with E-state index in [4.69, 9.17) is 4.74 Å². The number of imide groups is 1. The van der Waals surface area contributed by atoms with E-state index >= 15 is 0 Å². The number of methoxy groups -OCH3 is 1. The number of benzene rings is 1. The molecule has 7 rings (SSSR count). The second kappa shape index (κ2) is 8.72. The molecule has 1 heterocycles. The number of nitrogens with one attached hydrogen (secondary N) is 3. The van der Waals surface area contributed by atoms with E-state index < -0.39 is 35.2 Å². The number of hydrogen-bond donors (Lipinski definition) is 3. The third kappa shape index (κ3) is 3.90. The number of fused-ring (bicyclic) bond motifs is 3. The topological polar surface area (TPSA) is 137 Å². The third-order valence-electron chi connectivity index (χ3n) is 9.05. The van der Waals surface area contributed by atoms with Crippen molar-refractivity contribution in [2.45, 2.75) is 56.5 Å². The summed E-state index contributed by atoms with van der Waals surface area (Å²) in [5, 5.41) is 18.6. The Labute approximate surface area is 215 Å². The monoisotopic (exact) mass is 502 g/mol. The van der Waals surface area contributed by atoms with Crippen molar-refractivity contribution in [3.8, 4) is 11.8 Å². The van der Waals surface area contributed by atoms with E-state index in [2.05, 4.69) is 22.0 Å². The van der Waals surface area contributed by atoms with Crippen LogP contribution in [-0.4, -0.2) is 42.3 Å². The molecule has 9 nitrogen and oxygen atoms in total. The van der Waals surface area contributed by atoms with Gasteiger partial charge in [0.1, 0.15) is 17.3 Å². The van der Waals surface area contributed by atoms with Crippen LogP contribution < -0.4 is 20.7 Å². The van der Waals surface area contributed by atoms with Gasteiger partial charge >= 0.3 is 0 Å². The Morgan fingerprint density at radius 2 is 1.97 bits per heavy atom. The number of carbonyl (C=O) groups is 4. The zero-order chi connectivity index (χ0) is 25.9. The average Bonchev–Trinajstić information content (AvgIpc) is 3.51. The first kappa shape index (κ1) is 23.7. The van der Waals surface area contributed by atoms with E-state index in [-0.39, 0.29) is 23.6 Å². The summed E-state index contributed by atoms with van der Waals surface area (Å²) in [6.07, 6.45) is 6.47. The number of nitrogens with zero attached hydrogens (tertiary/aromatic N) is 1. The minimum Gasteiger partial charge on any atom is -0.496 e. The predicted octanol–water partition coefficient (Wildman–Crippen LogP) is 1.62. The average molecular weight is 503 g/mol. The van der Waals surface area contributed by atoms with Crippen LogP contribution in [0.5, 0.6) is 5.75 Å².